The van der Waals surface area contributed by atoms with Crippen LogP contribution in [0.1, 0.15) is 11.5 Å². The van der Waals surface area contributed by atoms with E-state index in [4.69, 9.17) is 4.74 Å². The Morgan fingerprint density at radius 1 is 1.17 bits per heavy atom. The third kappa shape index (κ3) is 3.15. The molecule has 0 radical (unpaired) electrons. The Balaban J connectivity index is 1.45. The van der Waals surface area contributed by atoms with Crippen LogP contribution in [0.15, 0.2) is 60.0 Å². The highest BCUT2D eigenvalue weighted by Gasteiger charge is 2.22. The van der Waals surface area contributed by atoms with Crippen LogP contribution < -0.4 is 4.72 Å². The number of aryl methyl sites for hydroxylation is 1. The maximum Gasteiger partial charge on any atom is 0.265 e. The quantitative estimate of drug-likeness (QED) is 0.540. The van der Waals surface area contributed by atoms with Crippen LogP contribution in [0.2, 0.25) is 0 Å². The lowest BCUT2D eigenvalue weighted by molar-refractivity contribution is 0.00839. The summed E-state index contributed by atoms with van der Waals surface area (Å²) < 4.78 is 36.8. The molecule has 0 aliphatic carbocycles. The van der Waals surface area contributed by atoms with Gasteiger partial charge in [-0.3, -0.25) is 9.40 Å². The number of sulfonamides is 1. The van der Waals surface area contributed by atoms with E-state index in [-0.39, 0.29) is 4.90 Å². The standard InChI is InChI=1S/C19H18N6O3S/c1-24-19-14(8-21-24)3-2-4-17(19)23-29(26,27)16-9-22-25(10-16)18-7-13(5-6-20-18)15-11-28-12-15/h2-10,15,23H,11-12H2,1H3. The van der Waals surface area contributed by atoms with Crippen molar-refractivity contribution in [2.24, 2.45) is 7.05 Å². The summed E-state index contributed by atoms with van der Waals surface area (Å²) in [6.45, 7) is 1.37. The van der Waals surface area contributed by atoms with Crippen molar-refractivity contribution in [3.05, 3.63) is 60.7 Å². The minimum absolute atomic E-state index is 0.0517. The third-order valence-corrected chi connectivity index (χ3v) is 6.31. The van der Waals surface area contributed by atoms with Gasteiger partial charge in [0, 0.05) is 24.5 Å². The highest BCUT2D eigenvalue weighted by Crippen LogP contribution is 2.26. The van der Waals surface area contributed by atoms with Crippen LogP contribution in [0.5, 0.6) is 0 Å². The monoisotopic (exact) mass is 410 g/mol. The van der Waals surface area contributed by atoms with Crippen LogP contribution in [-0.2, 0) is 21.8 Å². The van der Waals surface area contributed by atoms with E-state index in [2.05, 4.69) is 19.9 Å². The van der Waals surface area contributed by atoms with Crippen molar-refractivity contribution < 1.29 is 13.2 Å². The lowest BCUT2D eigenvalue weighted by Gasteiger charge is -2.26. The number of para-hydroxylation sites is 1. The summed E-state index contributed by atoms with van der Waals surface area (Å²) in [6, 6.07) is 9.21. The molecule has 0 spiro atoms. The molecule has 1 aromatic carbocycles. The van der Waals surface area contributed by atoms with Crippen LogP contribution in [0.4, 0.5) is 5.69 Å². The molecule has 3 aromatic heterocycles. The second-order valence-electron chi connectivity index (χ2n) is 6.92. The van der Waals surface area contributed by atoms with E-state index in [1.807, 2.05) is 18.2 Å². The smallest absolute Gasteiger partial charge is 0.265 e. The highest BCUT2D eigenvalue weighted by atomic mass is 32.2. The van der Waals surface area contributed by atoms with Crippen LogP contribution >= 0.6 is 0 Å². The number of hydrogen-bond acceptors (Lipinski definition) is 6. The number of nitrogens with one attached hydrogen (secondary N) is 1. The Kier molecular flexibility index (Phi) is 4.10. The Bertz CT molecular complexity index is 1310. The molecule has 1 aliphatic rings. The number of benzene rings is 1. The fourth-order valence-electron chi connectivity index (χ4n) is 3.33. The van der Waals surface area contributed by atoms with Gasteiger partial charge in [-0.05, 0) is 23.8 Å². The normalized spacial score (nSPS) is 14.8. The second-order valence-corrected chi connectivity index (χ2v) is 8.60. The minimum Gasteiger partial charge on any atom is -0.380 e. The summed E-state index contributed by atoms with van der Waals surface area (Å²) in [5.74, 6) is 0.904. The number of hydrogen-bond donors (Lipinski definition) is 1. The summed E-state index contributed by atoms with van der Waals surface area (Å²) in [5, 5.41) is 9.23. The van der Waals surface area contributed by atoms with Gasteiger partial charge in [0.1, 0.15) is 4.90 Å². The molecule has 4 heterocycles. The topological polar surface area (TPSA) is 104 Å². The number of rotatable bonds is 5. The minimum atomic E-state index is -3.83. The fraction of sp³-hybridized carbons (Fsp3) is 0.211. The van der Waals surface area contributed by atoms with Gasteiger partial charge in [0.05, 0.1) is 43.0 Å². The molecule has 4 aromatic rings. The van der Waals surface area contributed by atoms with E-state index in [9.17, 15) is 8.42 Å². The van der Waals surface area contributed by atoms with Gasteiger partial charge in [0.15, 0.2) is 5.82 Å². The Morgan fingerprint density at radius 3 is 2.83 bits per heavy atom. The van der Waals surface area contributed by atoms with Gasteiger partial charge < -0.3 is 4.74 Å². The van der Waals surface area contributed by atoms with E-state index >= 15 is 0 Å². The first kappa shape index (κ1) is 17.8. The third-order valence-electron chi connectivity index (χ3n) is 4.99. The van der Waals surface area contributed by atoms with Gasteiger partial charge in [0.2, 0.25) is 0 Å². The molecule has 0 bridgehead atoms. The molecule has 0 saturated carbocycles. The molecule has 1 fully saturated rings. The van der Waals surface area contributed by atoms with E-state index < -0.39 is 10.0 Å². The molecule has 1 aliphatic heterocycles. The van der Waals surface area contributed by atoms with Crippen molar-refractivity contribution in [2.45, 2.75) is 10.8 Å². The van der Waals surface area contributed by atoms with Crippen LogP contribution in [-0.4, -0.2) is 46.2 Å². The van der Waals surface area contributed by atoms with Gasteiger partial charge in [-0.2, -0.15) is 10.2 Å². The lowest BCUT2D eigenvalue weighted by atomic mass is 9.99. The van der Waals surface area contributed by atoms with Gasteiger partial charge >= 0.3 is 0 Å². The number of nitrogens with zero attached hydrogens (tertiary/aromatic N) is 5. The van der Waals surface area contributed by atoms with E-state index in [0.29, 0.717) is 36.2 Å². The average Bonchev–Trinajstić information content (AvgIpc) is 3.29. The maximum absolute atomic E-state index is 12.9. The summed E-state index contributed by atoms with van der Waals surface area (Å²) in [6.07, 6.45) is 6.15. The summed E-state index contributed by atoms with van der Waals surface area (Å²) in [4.78, 5) is 4.36. The van der Waals surface area contributed by atoms with Crippen molar-refractivity contribution in [2.75, 3.05) is 17.9 Å². The zero-order chi connectivity index (χ0) is 20.0. The summed E-state index contributed by atoms with van der Waals surface area (Å²) >= 11 is 0. The van der Waals surface area contributed by atoms with Gasteiger partial charge in [-0.15, -0.1) is 0 Å². The fourth-order valence-corrected chi connectivity index (χ4v) is 4.33. The molecule has 29 heavy (non-hydrogen) atoms. The van der Waals surface area contributed by atoms with E-state index in [1.54, 1.807) is 36.3 Å². The van der Waals surface area contributed by atoms with Crippen molar-refractivity contribution in [1.82, 2.24) is 24.5 Å². The predicted molar refractivity (Wildman–Crippen MR) is 106 cm³/mol. The summed E-state index contributed by atoms with van der Waals surface area (Å²) in [5.41, 5.74) is 2.27. The molecular weight excluding hydrogens is 392 g/mol. The van der Waals surface area contributed by atoms with Crippen LogP contribution in [0.3, 0.4) is 0 Å². The molecule has 0 amide bonds. The molecule has 148 valence electrons. The maximum atomic E-state index is 12.9. The van der Waals surface area contributed by atoms with Crippen molar-refractivity contribution in [1.29, 1.82) is 0 Å². The molecule has 5 rings (SSSR count). The molecular formula is C19H18N6O3S. The molecule has 9 nitrogen and oxygen atoms in total. The van der Waals surface area contributed by atoms with E-state index in [1.165, 1.54) is 17.1 Å². The first-order chi connectivity index (χ1) is 14.0. The highest BCUT2D eigenvalue weighted by molar-refractivity contribution is 7.92. The van der Waals surface area contributed by atoms with Crippen LogP contribution in [0.25, 0.3) is 16.7 Å². The molecule has 0 unspecified atom stereocenters. The average molecular weight is 410 g/mol. The number of fused-ring (bicyclic) bond motifs is 1. The SMILES string of the molecule is Cn1ncc2cccc(NS(=O)(=O)c3cnn(-c4cc(C5COC5)ccn4)c3)c21. The van der Waals surface area contributed by atoms with Crippen LogP contribution in [0, 0.1) is 0 Å². The number of ether oxygens (including phenoxy) is 1. The number of pyridine rings is 1. The molecule has 0 atom stereocenters. The molecule has 1 saturated heterocycles. The van der Waals surface area contributed by atoms with Crippen molar-refractivity contribution >= 4 is 26.6 Å². The molecule has 1 N–H and O–H groups in total. The number of anilines is 1. The van der Waals surface area contributed by atoms with Gasteiger partial charge in [0.25, 0.3) is 10.0 Å². The summed E-state index contributed by atoms with van der Waals surface area (Å²) in [7, 11) is -2.06. The van der Waals surface area contributed by atoms with Crippen molar-refractivity contribution in [3.8, 4) is 5.82 Å². The Hall–Kier alpha value is -3.24. The van der Waals surface area contributed by atoms with Crippen molar-refractivity contribution in [3.63, 3.8) is 0 Å². The predicted octanol–water partition coefficient (Wildman–Crippen LogP) is 2.07. The zero-order valence-corrected chi connectivity index (χ0v) is 16.4. The lowest BCUT2D eigenvalue weighted by Crippen LogP contribution is -2.25. The second kappa shape index (κ2) is 6.68. The Morgan fingerprint density at radius 2 is 2.03 bits per heavy atom. The van der Waals surface area contributed by atoms with E-state index in [0.717, 1.165) is 10.9 Å². The first-order valence-electron chi connectivity index (χ1n) is 9.03. The molecule has 10 heteroatoms. The Labute approximate surface area is 167 Å². The first-order valence-corrected chi connectivity index (χ1v) is 10.5. The largest absolute Gasteiger partial charge is 0.380 e. The van der Waals surface area contributed by atoms with Gasteiger partial charge in [-0.1, -0.05) is 12.1 Å². The number of aromatic nitrogens is 5. The van der Waals surface area contributed by atoms with Gasteiger partial charge in [-0.25, -0.2) is 18.1 Å². The zero-order valence-electron chi connectivity index (χ0n) is 15.6.